The zero-order valence-corrected chi connectivity index (χ0v) is 14.7. The minimum absolute atomic E-state index is 0. The zero-order chi connectivity index (χ0) is 15.0. The number of nitrogens with one attached hydrogen (secondary N) is 2. The van der Waals surface area contributed by atoms with Crippen LogP contribution in [-0.2, 0) is 11.3 Å². The number of hydrogen-bond donors (Lipinski definition) is 2. The van der Waals surface area contributed by atoms with E-state index in [1.54, 1.807) is 26.3 Å². The summed E-state index contributed by atoms with van der Waals surface area (Å²) >= 11 is 0. The summed E-state index contributed by atoms with van der Waals surface area (Å²) in [6.45, 7) is 3.11. The molecule has 21 heavy (non-hydrogen) atoms. The third-order valence-corrected chi connectivity index (χ3v) is 2.63. The van der Waals surface area contributed by atoms with E-state index in [2.05, 4.69) is 15.6 Å². The number of nitro groups is 1. The molecule has 118 valence electrons. The maximum absolute atomic E-state index is 10.6. The maximum atomic E-state index is 10.6. The van der Waals surface area contributed by atoms with Gasteiger partial charge in [0.2, 0.25) is 0 Å². The molecule has 0 bridgehead atoms. The monoisotopic (exact) mass is 408 g/mol. The fourth-order valence-electron chi connectivity index (χ4n) is 1.64. The van der Waals surface area contributed by atoms with Gasteiger partial charge >= 0.3 is 0 Å². The molecule has 0 aliphatic rings. The molecule has 1 aromatic rings. The Hall–Kier alpha value is -1.42. The number of non-ortho nitro benzene ring substituents is 1. The van der Waals surface area contributed by atoms with Crippen molar-refractivity contribution in [1.29, 1.82) is 0 Å². The average molecular weight is 408 g/mol. The van der Waals surface area contributed by atoms with Crippen molar-refractivity contribution in [2.45, 2.75) is 19.5 Å². The van der Waals surface area contributed by atoms with Crippen LogP contribution in [0.1, 0.15) is 12.5 Å². The van der Waals surface area contributed by atoms with Crippen molar-refractivity contribution in [3.63, 3.8) is 0 Å². The molecule has 0 aliphatic carbocycles. The molecule has 0 radical (unpaired) electrons. The van der Waals surface area contributed by atoms with Crippen LogP contribution < -0.4 is 10.6 Å². The molecular weight excluding hydrogens is 387 g/mol. The quantitative estimate of drug-likeness (QED) is 0.247. The molecule has 0 saturated carbocycles. The maximum Gasteiger partial charge on any atom is 0.269 e. The van der Waals surface area contributed by atoms with E-state index in [4.69, 9.17) is 4.74 Å². The lowest BCUT2D eigenvalue weighted by atomic mass is 10.2. The number of ether oxygens (including phenoxy) is 1. The highest BCUT2D eigenvalue weighted by Crippen LogP contribution is 2.11. The molecular formula is C13H21IN4O3. The molecule has 1 unspecified atom stereocenters. The molecule has 2 N–H and O–H groups in total. The number of rotatable bonds is 6. The lowest BCUT2D eigenvalue weighted by molar-refractivity contribution is -0.384. The van der Waals surface area contributed by atoms with Crippen LogP contribution in [0.5, 0.6) is 0 Å². The highest BCUT2D eigenvalue weighted by atomic mass is 127. The van der Waals surface area contributed by atoms with Crippen LogP contribution in [0, 0.1) is 10.1 Å². The van der Waals surface area contributed by atoms with Crippen molar-refractivity contribution >= 4 is 35.6 Å². The van der Waals surface area contributed by atoms with Crippen LogP contribution in [0.15, 0.2) is 29.3 Å². The van der Waals surface area contributed by atoms with Gasteiger partial charge in [-0.25, -0.2) is 0 Å². The molecule has 1 atom stereocenters. The Balaban J connectivity index is 0.00000400. The highest BCUT2D eigenvalue weighted by molar-refractivity contribution is 14.0. The van der Waals surface area contributed by atoms with Crippen molar-refractivity contribution < 1.29 is 9.66 Å². The third kappa shape index (κ3) is 7.23. The van der Waals surface area contributed by atoms with Crippen LogP contribution in [-0.4, -0.2) is 37.7 Å². The fourth-order valence-corrected chi connectivity index (χ4v) is 1.64. The summed E-state index contributed by atoms with van der Waals surface area (Å²) in [7, 11) is 3.33. The van der Waals surface area contributed by atoms with E-state index < -0.39 is 4.92 Å². The molecule has 0 amide bonds. The van der Waals surface area contributed by atoms with Gasteiger partial charge in [0.25, 0.3) is 5.69 Å². The molecule has 0 aliphatic heterocycles. The molecule has 0 fully saturated rings. The van der Waals surface area contributed by atoms with E-state index in [1.807, 2.05) is 6.92 Å². The van der Waals surface area contributed by atoms with Gasteiger partial charge in [0.15, 0.2) is 5.96 Å². The van der Waals surface area contributed by atoms with Crippen molar-refractivity contribution in [1.82, 2.24) is 10.6 Å². The lowest BCUT2D eigenvalue weighted by Gasteiger charge is -2.17. The Morgan fingerprint density at radius 1 is 1.43 bits per heavy atom. The summed E-state index contributed by atoms with van der Waals surface area (Å²) in [5, 5.41) is 16.9. The van der Waals surface area contributed by atoms with Gasteiger partial charge in [-0.3, -0.25) is 15.1 Å². The van der Waals surface area contributed by atoms with E-state index in [0.29, 0.717) is 19.1 Å². The highest BCUT2D eigenvalue weighted by Gasteiger charge is 2.06. The topological polar surface area (TPSA) is 88.8 Å². The van der Waals surface area contributed by atoms with Gasteiger partial charge in [0.1, 0.15) is 0 Å². The first kappa shape index (κ1) is 19.6. The fraction of sp³-hybridized carbons (Fsp3) is 0.462. The number of guanidine groups is 1. The van der Waals surface area contributed by atoms with Crippen LogP contribution in [0.2, 0.25) is 0 Å². The minimum Gasteiger partial charge on any atom is -0.383 e. The first-order valence-electron chi connectivity index (χ1n) is 6.26. The third-order valence-electron chi connectivity index (χ3n) is 2.63. The SMILES string of the molecule is CN=C(NCc1ccc([N+](=O)[O-])cc1)NC(C)COC.I. The van der Waals surface area contributed by atoms with E-state index in [1.165, 1.54) is 12.1 Å². The standard InChI is InChI=1S/C13H20N4O3.HI/c1-10(9-20-3)16-13(14-2)15-8-11-4-6-12(7-5-11)17(18)19;/h4-7,10H,8-9H2,1-3H3,(H2,14,15,16);1H. The summed E-state index contributed by atoms with van der Waals surface area (Å²) in [4.78, 5) is 14.2. The van der Waals surface area contributed by atoms with Crippen molar-refractivity contribution in [3.8, 4) is 0 Å². The Bertz CT molecular complexity index is 465. The van der Waals surface area contributed by atoms with Crippen LogP contribution in [0.4, 0.5) is 5.69 Å². The van der Waals surface area contributed by atoms with Crippen molar-refractivity contribution in [2.75, 3.05) is 20.8 Å². The molecule has 8 heteroatoms. The smallest absolute Gasteiger partial charge is 0.269 e. The van der Waals surface area contributed by atoms with Gasteiger partial charge in [-0.2, -0.15) is 0 Å². The van der Waals surface area contributed by atoms with E-state index in [9.17, 15) is 10.1 Å². The molecule has 0 spiro atoms. The second kappa shape index (κ2) is 10.3. The number of nitrogens with zero attached hydrogens (tertiary/aromatic N) is 2. The van der Waals surface area contributed by atoms with E-state index in [-0.39, 0.29) is 35.7 Å². The van der Waals surface area contributed by atoms with Crippen molar-refractivity contribution in [3.05, 3.63) is 39.9 Å². The molecule has 0 saturated heterocycles. The second-order valence-electron chi connectivity index (χ2n) is 4.35. The molecule has 1 aromatic carbocycles. The summed E-state index contributed by atoms with van der Waals surface area (Å²) < 4.78 is 5.04. The zero-order valence-electron chi connectivity index (χ0n) is 12.3. The predicted octanol–water partition coefficient (Wildman–Crippen LogP) is 1.91. The number of halogens is 1. The minimum atomic E-state index is -0.413. The van der Waals surface area contributed by atoms with Gasteiger partial charge in [-0.1, -0.05) is 12.1 Å². The molecule has 1 rings (SSSR count). The van der Waals surface area contributed by atoms with Gasteiger partial charge in [-0.15, -0.1) is 24.0 Å². The van der Waals surface area contributed by atoms with E-state index in [0.717, 1.165) is 5.56 Å². The van der Waals surface area contributed by atoms with Gasteiger partial charge in [0.05, 0.1) is 11.5 Å². The van der Waals surface area contributed by atoms with Crippen LogP contribution >= 0.6 is 24.0 Å². The van der Waals surface area contributed by atoms with Crippen LogP contribution in [0.3, 0.4) is 0 Å². The predicted molar refractivity (Wildman–Crippen MR) is 93.2 cm³/mol. The number of hydrogen-bond acceptors (Lipinski definition) is 4. The number of methoxy groups -OCH3 is 1. The van der Waals surface area contributed by atoms with Gasteiger partial charge in [-0.05, 0) is 12.5 Å². The largest absolute Gasteiger partial charge is 0.383 e. The first-order chi connectivity index (χ1) is 9.56. The van der Waals surface area contributed by atoms with Crippen molar-refractivity contribution in [2.24, 2.45) is 4.99 Å². The summed E-state index contributed by atoms with van der Waals surface area (Å²) in [5.41, 5.74) is 1.03. The number of nitro benzene ring substituents is 1. The molecule has 0 heterocycles. The Morgan fingerprint density at radius 3 is 2.52 bits per heavy atom. The molecule has 7 nitrogen and oxygen atoms in total. The number of aliphatic imine (C=N–C) groups is 1. The Labute approximate surface area is 141 Å². The van der Waals surface area contributed by atoms with Gasteiger partial charge < -0.3 is 15.4 Å². The Kier molecular flexibility index (Phi) is 9.63. The Morgan fingerprint density at radius 2 is 2.05 bits per heavy atom. The summed E-state index contributed by atoms with van der Waals surface area (Å²) in [6.07, 6.45) is 0. The normalized spacial score (nSPS) is 12.2. The second-order valence-corrected chi connectivity index (χ2v) is 4.35. The van der Waals surface area contributed by atoms with Crippen LogP contribution in [0.25, 0.3) is 0 Å². The van der Waals surface area contributed by atoms with E-state index >= 15 is 0 Å². The average Bonchev–Trinajstić information content (AvgIpc) is 2.44. The molecule has 0 aromatic heterocycles. The lowest BCUT2D eigenvalue weighted by Crippen LogP contribution is -2.43. The summed E-state index contributed by atoms with van der Waals surface area (Å²) in [6, 6.07) is 6.55. The first-order valence-corrected chi connectivity index (χ1v) is 6.26. The van der Waals surface area contributed by atoms with Gasteiger partial charge in [0, 0.05) is 38.9 Å². The summed E-state index contributed by atoms with van der Waals surface area (Å²) in [5.74, 6) is 0.660. The number of benzene rings is 1.